The first-order valence-corrected chi connectivity index (χ1v) is 8.79. The van der Waals surface area contributed by atoms with Gasteiger partial charge >= 0.3 is 0 Å². The number of quaternary nitrogens is 1. The van der Waals surface area contributed by atoms with Gasteiger partial charge in [-0.3, -0.25) is 4.79 Å². The van der Waals surface area contributed by atoms with Crippen molar-refractivity contribution in [2.24, 2.45) is 0 Å². The molecule has 2 atom stereocenters. The number of benzene rings is 2. The summed E-state index contributed by atoms with van der Waals surface area (Å²) in [5.41, 5.74) is 1.04. The number of hydrogen-bond acceptors (Lipinski definition) is 3. The van der Waals surface area contributed by atoms with E-state index in [-0.39, 0.29) is 11.7 Å². The van der Waals surface area contributed by atoms with Crippen molar-refractivity contribution in [2.45, 2.75) is 19.5 Å². The van der Waals surface area contributed by atoms with Gasteiger partial charge in [-0.1, -0.05) is 17.7 Å². The molecule has 2 N–H and O–H groups in total. The quantitative estimate of drug-likeness (QED) is 0.838. The lowest BCUT2D eigenvalue weighted by Gasteiger charge is -2.22. The van der Waals surface area contributed by atoms with E-state index in [4.69, 9.17) is 21.1 Å². The Morgan fingerprint density at radius 3 is 2.73 bits per heavy atom. The van der Waals surface area contributed by atoms with Crippen molar-refractivity contribution in [2.75, 3.05) is 25.6 Å². The zero-order valence-corrected chi connectivity index (χ0v) is 15.4. The van der Waals surface area contributed by atoms with E-state index in [0.717, 1.165) is 4.90 Å². The van der Waals surface area contributed by atoms with Gasteiger partial charge < -0.3 is 19.7 Å². The molecule has 1 amide bonds. The van der Waals surface area contributed by atoms with Gasteiger partial charge in [0, 0.05) is 11.8 Å². The van der Waals surface area contributed by atoms with Crippen molar-refractivity contribution in [3.63, 3.8) is 0 Å². The van der Waals surface area contributed by atoms with Crippen LogP contribution in [0.15, 0.2) is 36.4 Å². The predicted molar refractivity (Wildman–Crippen MR) is 97.5 cm³/mol. The Hall–Kier alpha value is -2.31. The minimum Gasteiger partial charge on any atom is -0.486 e. The van der Waals surface area contributed by atoms with Crippen molar-refractivity contribution >= 4 is 23.2 Å². The van der Waals surface area contributed by atoms with Gasteiger partial charge in [-0.2, -0.15) is 0 Å². The summed E-state index contributed by atoms with van der Waals surface area (Å²) in [5, 5.41) is 3.23. The number of likely N-dealkylation sites (N-methyl/N-ethyl adjacent to an activating group) is 1. The summed E-state index contributed by atoms with van der Waals surface area (Å²) in [6.07, 6.45) is 0. The van der Waals surface area contributed by atoms with Crippen molar-refractivity contribution in [3.8, 4) is 11.5 Å². The summed E-state index contributed by atoms with van der Waals surface area (Å²) >= 11 is 6.08. The fourth-order valence-electron chi connectivity index (χ4n) is 2.73. The van der Waals surface area contributed by atoms with E-state index in [1.165, 1.54) is 6.07 Å². The predicted octanol–water partition coefficient (Wildman–Crippen LogP) is 2.29. The van der Waals surface area contributed by atoms with Crippen LogP contribution in [-0.4, -0.2) is 32.2 Å². The van der Waals surface area contributed by atoms with Gasteiger partial charge in [0.2, 0.25) is 0 Å². The Labute approximate surface area is 156 Å². The SMILES string of the molecule is C[C@@H](C(=O)Nc1ccc2c(c1)OCCO2)[NH+](C)Cc1c(F)cccc1Cl. The highest BCUT2D eigenvalue weighted by molar-refractivity contribution is 6.31. The monoisotopic (exact) mass is 379 g/mol. The maximum absolute atomic E-state index is 14.0. The summed E-state index contributed by atoms with van der Waals surface area (Å²) < 4.78 is 24.9. The van der Waals surface area contributed by atoms with E-state index in [1.807, 2.05) is 7.05 Å². The molecule has 0 aromatic heterocycles. The smallest absolute Gasteiger partial charge is 0.282 e. The topological polar surface area (TPSA) is 52.0 Å². The van der Waals surface area contributed by atoms with Crippen LogP contribution in [0.25, 0.3) is 0 Å². The molecule has 0 saturated heterocycles. The standard InChI is InChI=1S/C19H20ClFN2O3/c1-12(23(2)11-14-15(20)4-3-5-16(14)21)19(24)22-13-6-7-17-18(10-13)26-9-8-25-17/h3-7,10,12H,8-9,11H2,1-2H3,(H,22,24)/p+1/t12-/m0/s1. The van der Waals surface area contributed by atoms with Crippen LogP contribution in [0.1, 0.15) is 12.5 Å². The molecule has 26 heavy (non-hydrogen) atoms. The highest BCUT2D eigenvalue weighted by Crippen LogP contribution is 2.32. The minimum absolute atomic E-state index is 0.174. The van der Waals surface area contributed by atoms with Gasteiger partial charge in [0.15, 0.2) is 17.5 Å². The van der Waals surface area contributed by atoms with Gasteiger partial charge in [0.25, 0.3) is 5.91 Å². The Morgan fingerprint density at radius 2 is 2.00 bits per heavy atom. The summed E-state index contributed by atoms with van der Waals surface area (Å²) in [4.78, 5) is 13.4. The highest BCUT2D eigenvalue weighted by atomic mass is 35.5. The van der Waals surface area contributed by atoms with E-state index >= 15 is 0 Å². The van der Waals surface area contributed by atoms with Gasteiger partial charge in [0.05, 0.1) is 17.6 Å². The molecular formula is C19H21ClFN2O3+. The van der Waals surface area contributed by atoms with E-state index in [2.05, 4.69) is 5.32 Å². The second kappa shape index (κ2) is 7.93. The highest BCUT2D eigenvalue weighted by Gasteiger charge is 2.24. The molecule has 0 fully saturated rings. The van der Waals surface area contributed by atoms with Crippen molar-refractivity contribution < 1.29 is 23.6 Å². The van der Waals surface area contributed by atoms with Gasteiger partial charge in [-0.15, -0.1) is 0 Å². The van der Waals surface area contributed by atoms with E-state index in [1.54, 1.807) is 37.3 Å². The molecule has 3 rings (SSSR count). The average molecular weight is 380 g/mol. The number of hydrogen-bond donors (Lipinski definition) is 2. The minimum atomic E-state index is -0.404. The third-order valence-electron chi connectivity index (χ3n) is 4.46. The summed E-state index contributed by atoms with van der Waals surface area (Å²) in [5.74, 6) is 0.739. The molecule has 1 aliphatic rings. The molecular weight excluding hydrogens is 359 g/mol. The molecule has 0 saturated carbocycles. The van der Waals surface area contributed by atoms with Gasteiger partial charge in [0.1, 0.15) is 25.6 Å². The fraction of sp³-hybridized carbons (Fsp3) is 0.316. The Morgan fingerprint density at radius 1 is 1.27 bits per heavy atom. The van der Waals surface area contributed by atoms with Crippen LogP contribution in [0.3, 0.4) is 0 Å². The lowest BCUT2D eigenvalue weighted by atomic mass is 10.1. The number of halogens is 2. The van der Waals surface area contributed by atoms with Crippen molar-refractivity contribution in [1.29, 1.82) is 0 Å². The van der Waals surface area contributed by atoms with Crippen LogP contribution >= 0.6 is 11.6 Å². The number of rotatable bonds is 5. The zero-order chi connectivity index (χ0) is 18.7. The maximum atomic E-state index is 14.0. The van der Waals surface area contributed by atoms with Crippen LogP contribution in [0, 0.1) is 5.82 Å². The Balaban J connectivity index is 1.65. The molecule has 0 radical (unpaired) electrons. The number of fused-ring (bicyclic) bond motifs is 1. The number of anilines is 1. The van der Waals surface area contributed by atoms with Crippen molar-refractivity contribution in [3.05, 3.63) is 52.8 Å². The molecule has 2 aromatic carbocycles. The number of carbonyl (C=O) groups is 1. The molecule has 0 spiro atoms. The number of nitrogens with one attached hydrogen (secondary N) is 2. The second-order valence-corrected chi connectivity index (χ2v) is 6.70. The zero-order valence-electron chi connectivity index (χ0n) is 14.6. The summed E-state index contributed by atoms with van der Waals surface area (Å²) in [7, 11) is 1.83. The lowest BCUT2D eigenvalue weighted by Crippen LogP contribution is -3.12. The molecule has 138 valence electrons. The number of amides is 1. The Bertz CT molecular complexity index is 795. The molecule has 2 aromatic rings. The second-order valence-electron chi connectivity index (χ2n) is 6.29. The van der Waals surface area contributed by atoms with E-state index in [9.17, 15) is 9.18 Å². The van der Waals surface area contributed by atoms with E-state index in [0.29, 0.717) is 47.5 Å². The Kier molecular flexibility index (Phi) is 5.64. The maximum Gasteiger partial charge on any atom is 0.282 e. The van der Waals surface area contributed by atoms with Crippen LogP contribution in [0.5, 0.6) is 11.5 Å². The van der Waals surface area contributed by atoms with Crippen LogP contribution in [0.4, 0.5) is 10.1 Å². The largest absolute Gasteiger partial charge is 0.486 e. The molecule has 5 nitrogen and oxygen atoms in total. The van der Waals surface area contributed by atoms with Crippen LogP contribution in [0.2, 0.25) is 5.02 Å². The molecule has 1 heterocycles. The summed E-state index contributed by atoms with van der Waals surface area (Å²) in [6.45, 7) is 3.10. The van der Waals surface area contributed by atoms with Crippen LogP contribution < -0.4 is 19.7 Å². The third-order valence-corrected chi connectivity index (χ3v) is 4.81. The van der Waals surface area contributed by atoms with Crippen LogP contribution in [-0.2, 0) is 11.3 Å². The van der Waals surface area contributed by atoms with Gasteiger partial charge in [-0.25, -0.2) is 4.39 Å². The normalized spacial score (nSPS) is 15.2. The molecule has 7 heteroatoms. The molecule has 0 bridgehead atoms. The molecule has 0 aliphatic carbocycles. The molecule has 1 unspecified atom stereocenters. The first-order chi connectivity index (χ1) is 12.5. The third kappa shape index (κ3) is 4.08. The molecule has 1 aliphatic heterocycles. The lowest BCUT2D eigenvalue weighted by molar-refractivity contribution is -0.908. The van der Waals surface area contributed by atoms with Gasteiger partial charge in [-0.05, 0) is 31.2 Å². The average Bonchev–Trinajstić information content (AvgIpc) is 2.64. The number of ether oxygens (including phenoxy) is 2. The fourth-order valence-corrected chi connectivity index (χ4v) is 2.96. The first-order valence-electron chi connectivity index (χ1n) is 8.41. The first kappa shape index (κ1) is 18.5. The van der Waals surface area contributed by atoms with E-state index < -0.39 is 6.04 Å². The summed E-state index contributed by atoms with van der Waals surface area (Å²) in [6, 6.07) is 9.45. The number of carbonyl (C=O) groups excluding carboxylic acids is 1. The van der Waals surface area contributed by atoms with Crippen molar-refractivity contribution in [1.82, 2.24) is 0 Å².